The van der Waals surface area contributed by atoms with Crippen LogP contribution in [0.3, 0.4) is 0 Å². The second-order valence-corrected chi connectivity index (χ2v) is 5.41. The van der Waals surface area contributed by atoms with Crippen molar-refractivity contribution in [1.29, 1.82) is 0 Å². The lowest BCUT2D eigenvalue weighted by atomic mass is 9.92. The Morgan fingerprint density at radius 1 is 1.44 bits per heavy atom. The Morgan fingerprint density at radius 3 is 3.00 bits per heavy atom. The van der Waals surface area contributed by atoms with Gasteiger partial charge in [-0.05, 0) is 50.6 Å². The molecule has 2 unspecified atom stereocenters. The molecule has 0 bridgehead atoms. The van der Waals surface area contributed by atoms with Crippen LogP contribution >= 0.6 is 0 Å². The van der Waals surface area contributed by atoms with E-state index in [1.807, 2.05) is 0 Å². The van der Waals surface area contributed by atoms with E-state index in [0.717, 1.165) is 13.2 Å². The third kappa shape index (κ3) is 3.82. The van der Waals surface area contributed by atoms with E-state index in [1.54, 1.807) is 0 Å². The van der Waals surface area contributed by atoms with Gasteiger partial charge in [0, 0.05) is 6.61 Å². The Kier molecular flexibility index (Phi) is 5.21. The van der Waals surface area contributed by atoms with E-state index >= 15 is 0 Å². The predicted molar refractivity (Wildman–Crippen MR) is 75.8 cm³/mol. The van der Waals surface area contributed by atoms with Crippen molar-refractivity contribution >= 4 is 0 Å². The number of hydrogen-bond donors (Lipinski definition) is 1. The zero-order chi connectivity index (χ0) is 12.8. The summed E-state index contributed by atoms with van der Waals surface area (Å²) in [4.78, 5) is 0. The highest BCUT2D eigenvalue weighted by Crippen LogP contribution is 2.24. The number of hydrogen-bond acceptors (Lipinski definition) is 2. The topological polar surface area (TPSA) is 35.2 Å². The first-order chi connectivity index (χ1) is 8.79. The third-order valence-electron chi connectivity index (χ3n) is 3.90. The van der Waals surface area contributed by atoms with Crippen molar-refractivity contribution in [3.05, 3.63) is 35.4 Å². The summed E-state index contributed by atoms with van der Waals surface area (Å²) in [7, 11) is 0. The monoisotopic (exact) mass is 247 g/mol. The minimum Gasteiger partial charge on any atom is -0.378 e. The summed E-state index contributed by atoms with van der Waals surface area (Å²) in [5.41, 5.74) is 8.64. The van der Waals surface area contributed by atoms with Crippen molar-refractivity contribution in [2.24, 2.45) is 5.73 Å². The maximum absolute atomic E-state index is 5.92. The summed E-state index contributed by atoms with van der Waals surface area (Å²) >= 11 is 0. The Balaban J connectivity index is 1.81. The molecule has 0 amide bonds. The fraction of sp³-hybridized carbons (Fsp3) is 0.625. The van der Waals surface area contributed by atoms with Crippen LogP contribution in [0.5, 0.6) is 0 Å². The van der Waals surface area contributed by atoms with Crippen LogP contribution in [-0.4, -0.2) is 19.3 Å². The molecule has 2 N–H and O–H groups in total. The van der Waals surface area contributed by atoms with E-state index in [9.17, 15) is 0 Å². The molecule has 1 fully saturated rings. The first-order valence-corrected chi connectivity index (χ1v) is 7.18. The molecule has 2 nitrogen and oxygen atoms in total. The van der Waals surface area contributed by atoms with Gasteiger partial charge in [-0.15, -0.1) is 0 Å². The Bertz CT molecular complexity index is 358. The Labute approximate surface area is 111 Å². The van der Waals surface area contributed by atoms with E-state index in [1.165, 1.54) is 43.2 Å². The van der Waals surface area contributed by atoms with Gasteiger partial charge in [0.05, 0.1) is 6.10 Å². The molecule has 0 saturated carbocycles. The summed E-state index contributed by atoms with van der Waals surface area (Å²) in [6.45, 7) is 3.85. The second kappa shape index (κ2) is 6.91. The Hall–Kier alpha value is -0.860. The first-order valence-electron chi connectivity index (χ1n) is 7.18. The molecule has 2 heteroatoms. The normalized spacial score (nSPS) is 21.1. The highest BCUT2D eigenvalue weighted by molar-refractivity contribution is 5.25. The molecular weight excluding hydrogens is 222 g/mol. The zero-order valence-electron chi connectivity index (χ0n) is 11.4. The molecule has 1 aliphatic rings. The van der Waals surface area contributed by atoms with E-state index in [2.05, 4.69) is 31.2 Å². The largest absolute Gasteiger partial charge is 0.378 e. The maximum Gasteiger partial charge on any atom is 0.0576 e. The number of ether oxygens (including phenoxy) is 1. The van der Waals surface area contributed by atoms with E-state index < -0.39 is 0 Å². The van der Waals surface area contributed by atoms with Crippen LogP contribution in [0, 0.1) is 6.92 Å². The summed E-state index contributed by atoms with van der Waals surface area (Å²) in [5, 5.41) is 0. The smallest absolute Gasteiger partial charge is 0.0576 e. The van der Waals surface area contributed by atoms with Gasteiger partial charge in [0.1, 0.15) is 0 Å². The molecule has 1 saturated heterocycles. The highest BCUT2D eigenvalue weighted by Gasteiger charge is 2.16. The van der Waals surface area contributed by atoms with Crippen LogP contribution in [0.2, 0.25) is 0 Å². The SMILES string of the molecule is Cc1cccc(C(CN)CCCC2CCCO2)c1. The number of rotatable bonds is 6. The third-order valence-corrected chi connectivity index (χ3v) is 3.90. The summed E-state index contributed by atoms with van der Waals surface area (Å²) in [6, 6.07) is 8.75. The molecule has 1 aliphatic heterocycles. The Morgan fingerprint density at radius 2 is 2.33 bits per heavy atom. The number of benzene rings is 1. The van der Waals surface area contributed by atoms with Crippen molar-refractivity contribution in [3.8, 4) is 0 Å². The van der Waals surface area contributed by atoms with Crippen LogP contribution in [0.15, 0.2) is 24.3 Å². The van der Waals surface area contributed by atoms with Gasteiger partial charge in [-0.25, -0.2) is 0 Å². The van der Waals surface area contributed by atoms with Crippen molar-refractivity contribution in [3.63, 3.8) is 0 Å². The fourth-order valence-corrected chi connectivity index (χ4v) is 2.81. The second-order valence-electron chi connectivity index (χ2n) is 5.41. The van der Waals surface area contributed by atoms with Gasteiger partial charge in [-0.1, -0.05) is 36.2 Å². The predicted octanol–water partition coefficient (Wildman–Crippen LogP) is 3.39. The van der Waals surface area contributed by atoms with E-state index in [0.29, 0.717) is 12.0 Å². The lowest BCUT2D eigenvalue weighted by molar-refractivity contribution is 0.101. The molecule has 2 rings (SSSR count). The fourth-order valence-electron chi connectivity index (χ4n) is 2.81. The van der Waals surface area contributed by atoms with Crippen LogP contribution in [-0.2, 0) is 4.74 Å². The standard InChI is InChI=1S/C16H25NO/c1-13-5-2-6-14(11-13)15(12-17)7-3-8-16-9-4-10-18-16/h2,5-6,11,15-16H,3-4,7-10,12,17H2,1H3. The number of nitrogens with two attached hydrogens (primary N) is 1. The molecule has 18 heavy (non-hydrogen) atoms. The van der Waals surface area contributed by atoms with Gasteiger partial charge < -0.3 is 10.5 Å². The van der Waals surface area contributed by atoms with Crippen LogP contribution in [0.1, 0.15) is 49.1 Å². The van der Waals surface area contributed by atoms with Crippen molar-refractivity contribution in [2.45, 2.75) is 51.0 Å². The van der Waals surface area contributed by atoms with E-state index in [4.69, 9.17) is 10.5 Å². The minimum atomic E-state index is 0.506. The lowest BCUT2D eigenvalue weighted by Crippen LogP contribution is -2.14. The minimum absolute atomic E-state index is 0.506. The van der Waals surface area contributed by atoms with Crippen LogP contribution in [0.25, 0.3) is 0 Å². The van der Waals surface area contributed by atoms with Gasteiger partial charge in [0.2, 0.25) is 0 Å². The molecule has 1 aromatic rings. The highest BCUT2D eigenvalue weighted by atomic mass is 16.5. The molecule has 0 aromatic heterocycles. The average molecular weight is 247 g/mol. The van der Waals surface area contributed by atoms with Crippen molar-refractivity contribution in [1.82, 2.24) is 0 Å². The molecule has 1 heterocycles. The van der Waals surface area contributed by atoms with E-state index in [-0.39, 0.29) is 0 Å². The van der Waals surface area contributed by atoms with Gasteiger partial charge in [0.15, 0.2) is 0 Å². The quantitative estimate of drug-likeness (QED) is 0.836. The molecule has 0 aliphatic carbocycles. The number of aryl methyl sites for hydroxylation is 1. The molecule has 2 atom stereocenters. The zero-order valence-corrected chi connectivity index (χ0v) is 11.4. The van der Waals surface area contributed by atoms with Crippen LogP contribution < -0.4 is 5.73 Å². The van der Waals surface area contributed by atoms with Crippen molar-refractivity contribution in [2.75, 3.05) is 13.2 Å². The maximum atomic E-state index is 5.92. The van der Waals surface area contributed by atoms with Gasteiger partial charge in [-0.2, -0.15) is 0 Å². The summed E-state index contributed by atoms with van der Waals surface area (Å²) in [6.07, 6.45) is 6.60. The molecule has 100 valence electrons. The molecule has 1 aromatic carbocycles. The molecule has 0 radical (unpaired) electrons. The first kappa shape index (κ1) is 13.6. The summed E-state index contributed by atoms with van der Waals surface area (Å²) in [5.74, 6) is 0.506. The molecular formula is C16H25NO. The van der Waals surface area contributed by atoms with Gasteiger partial charge in [0.25, 0.3) is 0 Å². The van der Waals surface area contributed by atoms with Crippen LogP contribution in [0.4, 0.5) is 0 Å². The van der Waals surface area contributed by atoms with Crippen molar-refractivity contribution < 1.29 is 4.74 Å². The van der Waals surface area contributed by atoms with Gasteiger partial charge in [-0.3, -0.25) is 0 Å². The molecule has 0 spiro atoms. The summed E-state index contributed by atoms with van der Waals surface area (Å²) < 4.78 is 5.66. The lowest BCUT2D eigenvalue weighted by Gasteiger charge is -2.17. The van der Waals surface area contributed by atoms with Gasteiger partial charge >= 0.3 is 0 Å². The average Bonchev–Trinajstić information content (AvgIpc) is 2.88.